The molecule has 3 aromatic rings. The van der Waals surface area contributed by atoms with Crippen molar-refractivity contribution in [3.63, 3.8) is 0 Å². The van der Waals surface area contributed by atoms with Crippen LogP contribution in [0, 0.1) is 13.8 Å². The zero-order valence-corrected chi connectivity index (χ0v) is 22.5. The summed E-state index contributed by atoms with van der Waals surface area (Å²) in [6, 6.07) is 17.3. The van der Waals surface area contributed by atoms with Crippen molar-refractivity contribution in [2.75, 3.05) is 30.4 Å². The van der Waals surface area contributed by atoms with Crippen molar-refractivity contribution in [3.8, 4) is 0 Å². The summed E-state index contributed by atoms with van der Waals surface area (Å²) >= 11 is 6.32. The fraction of sp³-hybridized carbons (Fsp3) is 0.321. The van der Waals surface area contributed by atoms with Crippen LogP contribution in [0.2, 0.25) is 5.02 Å². The number of amides is 1. The molecule has 2 N–H and O–H groups in total. The molecule has 196 valence electrons. The molecule has 1 amide bonds. The van der Waals surface area contributed by atoms with Crippen LogP contribution in [0.15, 0.2) is 65.6 Å². The highest BCUT2D eigenvalue weighted by Crippen LogP contribution is 2.38. The van der Waals surface area contributed by atoms with Gasteiger partial charge in [-0.2, -0.15) is 8.42 Å². The Morgan fingerprint density at radius 3 is 2.54 bits per heavy atom. The molecule has 0 radical (unpaired) electrons. The van der Waals surface area contributed by atoms with Crippen LogP contribution >= 0.6 is 11.6 Å². The van der Waals surface area contributed by atoms with Gasteiger partial charge in [0.15, 0.2) is 0 Å². The van der Waals surface area contributed by atoms with Gasteiger partial charge in [-0.15, -0.1) is 0 Å². The third kappa shape index (κ3) is 6.51. The lowest BCUT2D eigenvalue weighted by molar-refractivity contribution is 0.0404. The van der Waals surface area contributed by atoms with Gasteiger partial charge in [0, 0.05) is 40.7 Å². The molecule has 0 saturated heterocycles. The van der Waals surface area contributed by atoms with Crippen LogP contribution in [0.25, 0.3) is 0 Å². The molecule has 0 aliphatic carbocycles. The predicted octanol–water partition coefficient (Wildman–Crippen LogP) is 5.83. The van der Waals surface area contributed by atoms with Gasteiger partial charge in [-0.05, 0) is 87.2 Å². The Labute approximate surface area is 223 Å². The molecule has 3 aromatic carbocycles. The van der Waals surface area contributed by atoms with Gasteiger partial charge in [-0.25, -0.2) is 0 Å². The van der Waals surface area contributed by atoms with E-state index in [1.54, 1.807) is 41.3 Å². The molecule has 9 heteroatoms. The van der Waals surface area contributed by atoms with Crippen LogP contribution in [-0.4, -0.2) is 34.1 Å². The Morgan fingerprint density at radius 2 is 1.81 bits per heavy atom. The molecule has 0 bridgehead atoms. The van der Waals surface area contributed by atoms with Crippen molar-refractivity contribution in [3.05, 3.63) is 87.9 Å². The number of hydrogen-bond acceptors (Lipinski definition) is 6. The summed E-state index contributed by atoms with van der Waals surface area (Å²) in [5.74, 6) is -0.101. The van der Waals surface area contributed by atoms with Gasteiger partial charge in [0.25, 0.3) is 16.0 Å². The lowest BCUT2D eigenvalue weighted by Crippen LogP contribution is -2.32. The van der Waals surface area contributed by atoms with Crippen molar-refractivity contribution in [1.29, 1.82) is 0 Å². The number of fused-ring (bicyclic) bond motifs is 1. The van der Waals surface area contributed by atoms with E-state index in [9.17, 15) is 13.2 Å². The molecule has 1 unspecified atom stereocenters. The molecule has 4 rings (SSSR count). The molecule has 0 saturated carbocycles. The van der Waals surface area contributed by atoms with Crippen LogP contribution in [0.1, 0.15) is 52.4 Å². The summed E-state index contributed by atoms with van der Waals surface area (Å²) in [4.78, 5) is 15.4. The first-order chi connectivity index (χ1) is 17.7. The van der Waals surface area contributed by atoms with E-state index in [-0.39, 0.29) is 23.5 Å². The number of rotatable bonds is 8. The number of anilines is 2. The number of carbonyl (C=O) groups excluding carboxylic acids is 1. The number of hydrogen-bond donors (Lipinski definition) is 1. The smallest absolute Gasteiger partial charge is 0.296 e. The fourth-order valence-corrected chi connectivity index (χ4v) is 5.55. The Morgan fingerprint density at radius 1 is 1.05 bits per heavy atom. The number of halogens is 1. The minimum atomic E-state index is -3.82. The molecule has 0 fully saturated rings. The average molecular weight is 543 g/mol. The van der Waals surface area contributed by atoms with Crippen LogP contribution in [-0.2, 0) is 19.0 Å². The SMILES string of the molecule is Cc1ccc(S(=O)(=O)OCCCOC2CCCN(C(=O)c3ccc(N)cc3C)c3ccc(Cl)cc32)cc1. The first-order valence-corrected chi connectivity index (χ1v) is 14.0. The normalized spacial score (nSPS) is 15.8. The Balaban J connectivity index is 1.43. The highest BCUT2D eigenvalue weighted by atomic mass is 35.5. The van der Waals surface area contributed by atoms with E-state index in [4.69, 9.17) is 26.3 Å². The molecule has 37 heavy (non-hydrogen) atoms. The lowest BCUT2D eigenvalue weighted by atomic mass is 10.0. The number of carbonyl (C=O) groups is 1. The third-order valence-corrected chi connectivity index (χ3v) is 7.92. The van der Waals surface area contributed by atoms with Crippen LogP contribution in [0.4, 0.5) is 11.4 Å². The molecule has 1 aliphatic rings. The number of nitrogen functional groups attached to an aromatic ring is 1. The zero-order chi connectivity index (χ0) is 26.6. The summed E-state index contributed by atoms with van der Waals surface area (Å²) in [6.07, 6.45) is 1.54. The average Bonchev–Trinajstić information content (AvgIpc) is 3.03. The quantitative estimate of drug-likeness (QED) is 0.218. The van der Waals surface area contributed by atoms with Crippen LogP contribution < -0.4 is 10.6 Å². The van der Waals surface area contributed by atoms with Gasteiger partial charge in [0.05, 0.1) is 17.6 Å². The first-order valence-electron chi connectivity index (χ1n) is 12.2. The minimum Gasteiger partial charge on any atom is -0.399 e. The van der Waals surface area contributed by atoms with Crippen LogP contribution in [0.3, 0.4) is 0 Å². The number of aryl methyl sites for hydroxylation is 2. The monoisotopic (exact) mass is 542 g/mol. The highest BCUT2D eigenvalue weighted by Gasteiger charge is 2.28. The Bertz CT molecular complexity index is 1380. The summed E-state index contributed by atoms with van der Waals surface area (Å²) in [5.41, 5.74) is 10.5. The van der Waals surface area contributed by atoms with E-state index in [0.717, 1.165) is 28.8 Å². The van der Waals surface area contributed by atoms with Crippen molar-refractivity contribution in [1.82, 2.24) is 0 Å². The van der Waals surface area contributed by atoms with E-state index >= 15 is 0 Å². The van der Waals surface area contributed by atoms with Crippen molar-refractivity contribution in [2.24, 2.45) is 0 Å². The molecule has 1 heterocycles. The molecular formula is C28H31ClN2O5S. The Kier molecular flexibility index (Phi) is 8.54. The van der Waals surface area contributed by atoms with Crippen molar-refractivity contribution in [2.45, 2.75) is 44.1 Å². The first kappa shape index (κ1) is 27.1. The fourth-order valence-electron chi connectivity index (χ4n) is 4.42. The largest absolute Gasteiger partial charge is 0.399 e. The van der Waals surface area contributed by atoms with Gasteiger partial charge >= 0.3 is 0 Å². The van der Waals surface area contributed by atoms with Gasteiger partial charge in [-0.1, -0.05) is 29.3 Å². The number of nitrogens with two attached hydrogens (primary N) is 1. The van der Waals surface area contributed by atoms with E-state index in [0.29, 0.717) is 42.3 Å². The summed E-state index contributed by atoms with van der Waals surface area (Å²) in [7, 11) is -3.82. The van der Waals surface area contributed by atoms with E-state index in [2.05, 4.69) is 0 Å². The molecular weight excluding hydrogens is 512 g/mol. The Hall–Kier alpha value is -2.91. The molecule has 1 atom stereocenters. The topological polar surface area (TPSA) is 98.9 Å². The van der Waals surface area contributed by atoms with E-state index < -0.39 is 10.1 Å². The standard InChI is InChI=1S/C28H31ClN2O5S/c1-19-6-10-23(11-7-19)37(33,34)36-16-4-15-35-27-5-3-14-31(26-13-8-21(29)18-25(26)27)28(32)24-12-9-22(30)17-20(24)2/h6-13,17-18,27H,3-5,14-16,30H2,1-2H3. The van der Waals surface area contributed by atoms with Gasteiger partial charge in [-0.3, -0.25) is 8.98 Å². The second-order valence-corrected chi connectivity index (χ2v) is 11.2. The van der Waals surface area contributed by atoms with E-state index in [1.807, 2.05) is 26.0 Å². The third-order valence-electron chi connectivity index (χ3n) is 6.36. The van der Waals surface area contributed by atoms with Crippen LogP contribution in [0.5, 0.6) is 0 Å². The number of benzene rings is 3. The van der Waals surface area contributed by atoms with E-state index in [1.165, 1.54) is 12.1 Å². The van der Waals surface area contributed by atoms with Crippen molar-refractivity contribution >= 4 is 39.0 Å². The summed E-state index contributed by atoms with van der Waals surface area (Å²) in [5, 5.41) is 0.554. The second-order valence-electron chi connectivity index (χ2n) is 9.18. The van der Waals surface area contributed by atoms with Gasteiger partial charge < -0.3 is 15.4 Å². The van der Waals surface area contributed by atoms with Crippen molar-refractivity contribution < 1.29 is 22.1 Å². The summed E-state index contributed by atoms with van der Waals surface area (Å²) < 4.78 is 36.1. The van der Waals surface area contributed by atoms with Gasteiger partial charge in [0.2, 0.25) is 0 Å². The molecule has 1 aliphatic heterocycles. The summed E-state index contributed by atoms with van der Waals surface area (Å²) in [6.45, 7) is 4.60. The second kappa shape index (κ2) is 11.6. The molecule has 0 spiro atoms. The maximum Gasteiger partial charge on any atom is 0.296 e. The lowest BCUT2D eigenvalue weighted by Gasteiger charge is -2.25. The molecule has 0 aromatic heterocycles. The number of ether oxygens (including phenoxy) is 1. The zero-order valence-electron chi connectivity index (χ0n) is 20.9. The maximum absolute atomic E-state index is 13.5. The van der Waals surface area contributed by atoms with Gasteiger partial charge in [0.1, 0.15) is 0 Å². The number of nitrogens with zero attached hydrogens (tertiary/aromatic N) is 1. The molecule has 7 nitrogen and oxygen atoms in total. The predicted molar refractivity (Wildman–Crippen MR) is 146 cm³/mol. The minimum absolute atomic E-state index is 0.00631. The highest BCUT2D eigenvalue weighted by molar-refractivity contribution is 7.86. The maximum atomic E-state index is 13.5.